The van der Waals surface area contributed by atoms with Crippen LogP contribution in [0.3, 0.4) is 0 Å². The van der Waals surface area contributed by atoms with E-state index in [1.54, 1.807) is 0 Å². The predicted octanol–water partition coefficient (Wildman–Crippen LogP) is -11.8. The summed E-state index contributed by atoms with van der Waals surface area (Å²) >= 11 is 0. The largest absolute Gasteiger partial charge is 0.477 e. The molecule has 5 rings (SSSR count). The summed E-state index contributed by atoms with van der Waals surface area (Å²) in [5, 5.41) is 136. The molecule has 422 valence electrons. The Kier molecular flexibility index (Phi) is 21.2. The number of carbonyl (C=O) groups is 1. The molecule has 5 saturated heterocycles. The maximum absolute atomic E-state index is 13.2. The first-order valence-electron chi connectivity index (χ1n) is 21.0. The highest BCUT2D eigenvalue weighted by Crippen LogP contribution is 2.48. The molecule has 5 aliphatic rings. The lowest BCUT2D eigenvalue weighted by Gasteiger charge is -2.50. The fraction of sp³-hybridized carbons (Fsp3) is 0.969. The molecular weight excluding hydrogens is 1070 g/mol. The van der Waals surface area contributed by atoms with E-state index >= 15 is 0 Å². The number of carboxylic acids is 1. The van der Waals surface area contributed by atoms with E-state index in [9.17, 15) is 114 Å². The van der Waals surface area contributed by atoms with Gasteiger partial charge in [0.25, 0.3) is 5.79 Å². The van der Waals surface area contributed by atoms with Gasteiger partial charge in [-0.1, -0.05) is 0 Å². The fourth-order valence-corrected chi connectivity index (χ4v) is 9.86. The Hall–Kier alpha value is -1.12. The molecule has 5 aliphatic heterocycles. The second-order valence-electron chi connectivity index (χ2n) is 16.8. The SMILES string of the molecule is N[C@@H]1[C@@H](O)[C@H](O)[C@@H](CO[C@@H]2O[C@H](CO[C@]3(C(=O)O)C[C@@H](OP(=O)(O)O)[C@@H](O[C@H]4O[C@H](CO)[C@@H](O[C@@H]5O[C@H](CO)[C@@H](O)[C@H](O)[C@H]5O)[C@H](OP(=O)(O)O)[C@@H]4O)[C@@H]([C@H](O)CO)O3)[C@@H](OP(=O)(O)O)[C@H](O)[C@H]2N)O[C@@H]1O. The van der Waals surface area contributed by atoms with Crippen molar-refractivity contribution in [3.8, 4) is 0 Å². The molecule has 5 heterocycles. The van der Waals surface area contributed by atoms with E-state index in [1.165, 1.54) is 0 Å². The van der Waals surface area contributed by atoms with Crippen molar-refractivity contribution in [1.82, 2.24) is 0 Å². The zero-order valence-electron chi connectivity index (χ0n) is 36.6. The summed E-state index contributed by atoms with van der Waals surface area (Å²) in [6.07, 6.45) is -49.0. The molecule has 37 nitrogen and oxygen atoms in total. The topological polar surface area (TPSA) is 615 Å². The minimum absolute atomic E-state index is 0.826. The number of aliphatic hydroxyl groups is 12. The van der Waals surface area contributed by atoms with Crippen molar-refractivity contribution < 1.29 is 170 Å². The van der Waals surface area contributed by atoms with Gasteiger partial charge in [-0.3, -0.25) is 13.6 Å². The molecule has 0 amide bonds. The molecule has 0 aliphatic carbocycles. The average Bonchev–Trinajstić information content (AvgIpc) is 3.28. The standard InChI is InChI=1S/C32H59N2O35P3/c33-13-17(41)16(40)11(60-27(13)46)5-58-28-14(34)18(42)23(68-71(52,53)54)12(63-28)6-59-32(31(47)48)1-8(67-70(49,50)51)24(22(66-32)7(38)2-35)64-30-21(45)26(69-72(55,56)57)25(10(4-37)62-30)65-29-20(44)19(43)15(39)9(3-36)61-29/h7-30,35-46H,1-6,33-34H2,(H,47,48)(H2,49,50,51)(H2,52,53,54)(H2,55,56,57)/t7-,8-,9-,10-,11-,12-,13-,14-,15-,16-,17-,18-,19+,20-,21+,22-,23-,24-,25-,26-,27+,28-,29+,30-,32-/m1/s1. The third-order valence-electron chi connectivity index (χ3n) is 11.8. The molecule has 0 radical (unpaired) electrons. The third kappa shape index (κ3) is 14.7. The quantitative estimate of drug-likeness (QED) is 0.0475. The van der Waals surface area contributed by atoms with Crippen LogP contribution in [0, 0.1) is 0 Å². The third-order valence-corrected chi connectivity index (χ3v) is 13.4. The molecule has 0 aromatic carbocycles. The van der Waals surface area contributed by atoms with Gasteiger partial charge in [-0.05, 0) is 0 Å². The lowest BCUT2D eigenvalue weighted by Crippen LogP contribution is -2.68. The first-order valence-corrected chi connectivity index (χ1v) is 25.6. The van der Waals surface area contributed by atoms with E-state index in [1.807, 2.05) is 0 Å². The Balaban J connectivity index is 1.45. The van der Waals surface area contributed by atoms with Crippen LogP contribution >= 0.6 is 23.5 Å². The number of aliphatic carboxylic acids is 1. The highest BCUT2D eigenvalue weighted by atomic mass is 31.2. The van der Waals surface area contributed by atoms with Crippen LogP contribution in [0.15, 0.2) is 0 Å². The summed E-state index contributed by atoms with van der Waals surface area (Å²) in [5.74, 6) is -5.70. The molecule has 40 heteroatoms. The summed E-state index contributed by atoms with van der Waals surface area (Å²) in [6, 6.07) is -3.31. The Bertz CT molecular complexity index is 1920. The molecule has 23 N–H and O–H groups in total. The van der Waals surface area contributed by atoms with Crippen LogP contribution in [0.4, 0.5) is 0 Å². The van der Waals surface area contributed by atoms with Crippen molar-refractivity contribution in [2.24, 2.45) is 11.5 Å². The van der Waals surface area contributed by atoms with Gasteiger partial charge < -0.3 is 150 Å². The first kappa shape index (κ1) is 61.7. The van der Waals surface area contributed by atoms with Gasteiger partial charge in [0.05, 0.1) is 45.1 Å². The number of rotatable bonds is 21. The molecule has 0 bridgehead atoms. The van der Waals surface area contributed by atoms with Gasteiger partial charge in [-0.2, -0.15) is 0 Å². The van der Waals surface area contributed by atoms with Crippen LogP contribution in [0.1, 0.15) is 6.42 Å². The molecule has 72 heavy (non-hydrogen) atoms. The van der Waals surface area contributed by atoms with Gasteiger partial charge in [0.2, 0.25) is 0 Å². The number of phosphoric ester groups is 3. The second-order valence-corrected chi connectivity index (χ2v) is 20.4. The van der Waals surface area contributed by atoms with Gasteiger partial charge in [0, 0.05) is 6.42 Å². The molecule has 0 saturated carbocycles. The number of hydrogen-bond donors (Lipinski definition) is 21. The van der Waals surface area contributed by atoms with E-state index in [2.05, 4.69) is 4.52 Å². The highest BCUT2D eigenvalue weighted by molar-refractivity contribution is 7.46. The lowest BCUT2D eigenvalue weighted by atomic mass is 9.91. The van der Waals surface area contributed by atoms with E-state index in [0.717, 1.165) is 0 Å². The van der Waals surface area contributed by atoms with Crippen LogP contribution in [0.25, 0.3) is 0 Å². The monoisotopic (exact) mass is 1120 g/mol. The van der Waals surface area contributed by atoms with Gasteiger partial charge in [-0.25, -0.2) is 18.5 Å². The Morgan fingerprint density at radius 3 is 1.67 bits per heavy atom. The Labute approximate surface area is 403 Å². The van der Waals surface area contributed by atoms with E-state index in [-0.39, 0.29) is 0 Å². The smallest absolute Gasteiger partial charge is 0.470 e. The Morgan fingerprint density at radius 1 is 0.583 bits per heavy atom. The summed E-state index contributed by atoms with van der Waals surface area (Å²) in [4.78, 5) is 72.1. The summed E-state index contributed by atoms with van der Waals surface area (Å²) < 4.78 is 100. The van der Waals surface area contributed by atoms with Gasteiger partial charge in [0.1, 0.15) is 110 Å². The lowest BCUT2D eigenvalue weighted by molar-refractivity contribution is -0.382. The van der Waals surface area contributed by atoms with E-state index < -0.39 is 222 Å². The van der Waals surface area contributed by atoms with Crippen LogP contribution in [0.2, 0.25) is 0 Å². The summed E-state index contributed by atoms with van der Waals surface area (Å²) in [7, 11) is -17.4. The molecule has 0 aromatic heterocycles. The van der Waals surface area contributed by atoms with Crippen molar-refractivity contribution in [2.45, 2.75) is 159 Å². The maximum Gasteiger partial charge on any atom is 0.470 e. The minimum atomic E-state index is -5.92. The minimum Gasteiger partial charge on any atom is -0.477 e. The zero-order chi connectivity index (χ0) is 54.2. The fourth-order valence-electron chi connectivity index (χ4n) is 8.17. The molecule has 0 spiro atoms. The normalized spacial score (nSPS) is 45.1. The second kappa shape index (κ2) is 24.7. The highest BCUT2D eigenvalue weighted by Gasteiger charge is 2.61. The number of aliphatic hydroxyl groups excluding tert-OH is 12. The number of ether oxygens (including phenoxy) is 9. The number of carboxylic acid groups (broad SMARTS) is 1. The van der Waals surface area contributed by atoms with Crippen molar-refractivity contribution in [3.63, 3.8) is 0 Å². The molecule has 5 fully saturated rings. The molecule has 25 atom stereocenters. The van der Waals surface area contributed by atoms with Crippen molar-refractivity contribution in [2.75, 3.05) is 33.0 Å². The van der Waals surface area contributed by atoms with Gasteiger partial charge >= 0.3 is 29.4 Å². The van der Waals surface area contributed by atoms with Crippen LogP contribution in [-0.2, 0) is 74.7 Å². The zero-order valence-corrected chi connectivity index (χ0v) is 39.3. The first-order chi connectivity index (χ1) is 33.3. The molecular formula is C32H59N2O35P3. The van der Waals surface area contributed by atoms with E-state index in [0.29, 0.717) is 0 Å². The van der Waals surface area contributed by atoms with Crippen LogP contribution < -0.4 is 11.5 Å². The van der Waals surface area contributed by atoms with Crippen molar-refractivity contribution in [1.29, 1.82) is 0 Å². The van der Waals surface area contributed by atoms with Crippen molar-refractivity contribution in [3.05, 3.63) is 0 Å². The average molecular weight is 1120 g/mol. The summed E-state index contributed by atoms with van der Waals surface area (Å²) in [6.45, 7) is -5.95. The predicted molar refractivity (Wildman–Crippen MR) is 214 cm³/mol. The van der Waals surface area contributed by atoms with Crippen LogP contribution in [-0.4, -0.2) is 288 Å². The maximum atomic E-state index is 13.2. The molecule has 0 unspecified atom stereocenters. The van der Waals surface area contributed by atoms with E-state index in [4.69, 9.17) is 63.1 Å². The van der Waals surface area contributed by atoms with Gasteiger partial charge in [0.15, 0.2) is 25.2 Å². The summed E-state index contributed by atoms with van der Waals surface area (Å²) in [5.41, 5.74) is 11.6. The van der Waals surface area contributed by atoms with Crippen molar-refractivity contribution >= 4 is 29.4 Å². The molecule has 0 aromatic rings. The number of phosphoric acid groups is 3. The number of nitrogens with two attached hydrogens (primary N) is 2. The van der Waals surface area contributed by atoms with Crippen LogP contribution in [0.5, 0.6) is 0 Å². The Morgan fingerprint density at radius 2 is 1.11 bits per heavy atom. The van der Waals surface area contributed by atoms with Gasteiger partial charge in [-0.15, -0.1) is 0 Å². The number of hydrogen-bond acceptors (Lipinski definition) is 30.